The summed E-state index contributed by atoms with van der Waals surface area (Å²) in [6.07, 6.45) is 7.40. The van der Waals surface area contributed by atoms with E-state index in [2.05, 4.69) is 26.3 Å². The maximum Gasteiger partial charge on any atom is 0.224 e. The zero-order valence-corrected chi connectivity index (χ0v) is 15.5. The summed E-state index contributed by atoms with van der Waals surface area (Å²) in [5.74, 6) is 0.748. The van der Waals surface area contributed by atoms with Gasteiger partial charge in [0.2, 0.25) is 5.91 Å². The van der Waals surface area contributed by atoms with Gasteiger partial charge in [0.1, 0.15) is 11.4 Å². The highest BCUT2D eigenvalue weighted by atomic mass is 16.5. The van der Waals surface area contributed by atoms with Crippen molar-refractivity contribution in [3.8, 4) is 16.9 Å². The van der Waals surface area contributed by atoms with Crippen molar-refractivity contribution < 1.29 is 9.53 Å². The number of fused-ring (bicyclic) bond motifs is 1. The minimum absolute atomic E-state index is 0.0449. The number of amides is 1. The average Bonchev–Trinajstić information content (AvgIpc) is 3.15. The van der Waals surface area contributed by atoms with Gasteiger partial charge >= 0.3 is 0 Å². The number of H-pyrrole nitrogens is 1. The molecule has 4 rings (SSSR count). The molecule has 0 saturated carbocycles. The Hall–Kier alpha value is -3.67. The lowest BCUT2D eigenvalue weighted by molar-refractivity contribution is -0.120. The zero-order chi connectivity index (χ0) is 19.3. The highest BCUT2D eigenvalue weighted by Gasteiger charge is 2.11. The second-order valence-electron chi connectivity index (χ2n) is 6.48. The Morgan fingerprint density at radius 2 is 2.07 bits per heavy atom. The molecule has 0 bridgehead atoms. The lowest BCUT2D eigenvalue weighted by Crippen LogP contribution is -2.24. The van der Waals surface area contributed by atoms with Gasteiger partial charge in [-0.3, -0.25) is 9.78 Å². The normalized spacial score (nSPS) is 10.8. The molecule has 0 unspecified atom stereocenters. The van der Waals surface area contributed by atoms with Crippen LogP contribution in [-0.4, -0.2) is 28.0 Å². The van der Waals surface area contributed by atoms with Gasteiger partial charge < -0.3 is 15.0 Å². The number of hydrogen-bond acceptors (Lipinski definition) is 4. The molecular weight excluding hydrogens is 352 g/mol. The predicted octanol–water partition coefficient (Wildman–Crippen LogP) is 3.49. The van der Waals surface area contributed by atoms with Crippen LogP contribution in [0.4, 0.5) is 0 Å². The molecule has 28 heavy (non-hydrogen) atoms. The lowest BCUT2D eigenvalue weighted by atomic mass is 10.0. The second kappa shape index (κ2) is 7.92. The maximum atomic E-state index is 12.4. The first-order chi connectivity index (χ1) is 13.7. The van der Waals surface area contributed by atoms with Gasteiger partial charge in [-0.1, -0.05) is 18.2 Å². The minimum atomic E-state index is -0.0449. The molecule has 2 N–H and O–H groups in total. The number of ether oxygens (including phenoxy) is 1. The molecule has 3 aromatic heterocycles. The van der Waals surface area contributed by atoms with Crippen LogP contribution in [-0.2, 0) is 17.8 Å². The Kier molecular flexibility index (Phi) is 5.01. The number of benzene rings is 1. The van der Waals surface area contributed by atoms with Crippen molar-refractivity contribution in [3.05, 3.63) is 78.4 Å². The highest BCUT2D eigenvalue weighted by molar-refractivity contribution is 5.89. The molecular formula is C22H20N4O2. The summed E-state index contributed by atoms with van der Waals surface area (Å²) in [5, 5.41) is 3.88. The van der Waals surface area contributed by atoms with E-state index in [1.165, 1.54) is 0 Å². The van der Waals surface area contributed by atoms with E-state index in [0.29, 0.717) is 6.54 Å². The van der Waals surface area contributed by atoms with Gasteiger partial charge in [0.05, 0.1) is 13.5 Å². The van der Waals surface area contributed by atoms with Crippen LogP contribution in [0.1, 0.15) is 11.1 Å². The maximum absolute atomic E-state index is 12.4. The lowest BCUT2D eigenvalue weighted by Gasteiger charge is -2.06. The smallest absolute Gasteiger partial charge is 0.224 e. The molecule has 0 aliphatic rings. The van der Waals surface area contributed by atoms with Crippen LogP contribution in [0.15, 0.2) is 67.3 Å². The molecule has 0 aliphatic heterocycles. The van der Waals surface area contributed by atoms with Gasteiger partial charge in [0, 0.05) is 42.3 Å². The van der Waals surface area contributed by atoms with Crippen molar-refractivity contribution in [1.82, 2.24) is 20.3 Å². The van der Waals surface area contributed by atoms with E-state index >= 15 is 0 Å². The molecule has 0 fully saturated rings. The van der Waals surface area contributed by atoms with E-state index in [0.717, 1.165) is 39.0 Å². The van der Waals surface area contributed by atoms with E-state index in [4.69, 9.17) is 4.74 Å². The fourth-order valence-corrected chi connectivity index (χ4v) is 3.10. The summed E-state index contributed by atoms with van der Waals surface area (Å²) in [6.45, 7) is 0.461. The molecule has 6 nitrogen and oxygen atoms in total. The van der Waals surface area contributed by atoms with Crippen molar-refractivity contribution in [1.29, 1.82) is 0 Å². The number of rotatable bonds is 6. The first-order valence-corrected chi connectivity index (χ1v) is 8.99. The molecule has 0 atom stereocenters. The summed E-state index contributed by atoms with van der Waals surface area (Å²) in [4.78, 5) is 24.1. The third-order valence-electron chi connectivity index (χ3n) is 4.58. The van der Waals surface area contributed by atoms with Crippen LogP contribution in [0.5, 0.6) is 5.75 Å². The van der Waals surface area contributed by atoms with Gasteiger partial charge in [0.25, 0.3) is 0 Å². The standard InChI is InChI=1S/C22H20N4O2/c1-28-19-6-2-5-16(8-19)17-9-20-18(14-26-22(20)25-13-17)10-21(27)24-12-15-4-3-7-23-11-15/h2-9,11,13-14H,10,12H2,1H3,(H,24,27)(H,25,26). The molecule has 4 aromatic rings. The summed E-state index contributed by atoms with van der Waals surface area (Å²) < 4.78 is 5.30. The number of aromatic nitrogens is 3. The van der Waals surface area contributed by atoms with E-state index in [1.54, 1.807) is 19.5 Å². The average molecular weight is 372 g/mol. The van der Waals surface area contributed by atoms with E-state index in [-0.39, 0.29) is 12.3 Å². The van der Waals surface area contributed by atoms with Gasteiger partial charge in [-0.25, -0.2) is 4.98 Å². The van der Waals surface area contributed by atoms with Gasteiger partial charge in [-0.15, -0.1) is 0 Å². The third kappa shape index (κ3) is 3.86. The second-order valence-corrected chi connectivity index (χ2v) is 6.48. The topological polar surface area (TPSA) is 79.9 Å². The number of nitrogens with zero attached hydrogens (tertiary/aromatic N) is 2. The Balaban J connectivity index is 1.53. The largest absolute Gasteiger partial charge is 0.497 e. The number of pyridine rings is 2. The van der Waals surface area contributed by atoms with Crippen LogP contribution in [0, 0.1) is 0 Å². The summed E-state index contributed by atoms with van der Waals surface area (Å²) in [7, 11) is 1.65. The SMILES string of the molecule is COc1cccc(-c2cnc3[nH]cc(CC(=O)NCc4cccnc4)c3c2)c1. The Bertz CT molecular complexity index is 1110. The summed E-state index contributed by atoms with van der Waals surface area (Å²) in [5.41, 5.74) is 4.64. The van der Waals surface area contributed by atoms with E-state index < -0.39 is 0 Å². The number of aromatic amines is 1. The number of nitrogens with one attached hydrogen (secondary N) is 2. The minimum Gasteiger partial charge on any atom is -0.497 e. The summed E-state index contributed by atoms with van der Waals surface area (Å²) in [6, 6.07) is 13.7. The van der Waals surface area contributed by atoms with Crippen molar-refractivity contribution in [2.24, 2.45) is 0 Å². The third-order valence-corrected chi connectivity index (χ3v) is 4.58. The Morgan fingerprint density at radius 3 is 2.89 bits per heavy atom. The summed E-state index contributed by atoms with van der Waals surface area (Å²) >= 11 is 0. The van der Waals surface area contributed by atoms with Crippen LogP contribution >= 0.6 is 0 Å². The Labute approximate surface area is 162 Å². The molecule has 1 aromatic carbocycles. The Morgan fingerprint density at radius 1 is 1.14 bits per heavy atom. The number of hydrogen-bond donors (Lipinski definition) is 2. The van der Waals surface area contributed by atoms with Crippen molar-refractivity contribution in [2.75, 3.05) is 7.11 Å². The fourth-order valence-electron chi connectivity index (χ4n) is 3.10. The van der Waals surface area contributed by atoms with Crippen LogP contribution < -0.4 is 10.1 Å². The van der Waals surface area contributed by atoms with Gasteiger partial charge in [-0.2, -0.15) is 0 Å². The van der Waals surface area contributed by atoms with Crippen molar-refractivity contribution in [2.45, 2.75) is 13.0 Å². The van der Waals surface area contributed by atoms with Crippen molar-refractivity contribution in [3.63, 3.8) is 0 Å². The molecule has 0 spiro atoms. The van der Waals surface area contributed by atoms with Gasteiger partial charge in [0.15, 0.2) is 0 Å². The molecule has 0 aliphatic carbocycles. The molecule has 3 heterocycles. The highest BCUT2D eigenvalue weighted by Crippen LogP contribution is 2.27. The molecule has 1 amide bonds. The monoisotopic (exact) mass is 372 g/mol. The number of methoxy groups -OCH3 is 1. The predicted molar refractivity (Wildman–Crippen MR) is 108 cm³/mol. The molecule has 6 heteroatoms. The van der Waals surface area contributed by atoms with Crippen LogP contribution in [0.2, 0.25) is 0 Å². The van der Waals surface area contributed by atoms with E-state index in [1.807, 2.05) is 48.8 Å². The number of carbonyl (C=O) groups excluding carboxylic acids is 1. The zero-order valence-electron chi connectivity index (χ0n) is 15.5. The van der Waals surface area contributed by atoms with Crippen molar-refractivity contribution >= 4 is 16.9 Å². The quantitative estimate of drug-likeness (QED) is 0.543. The molecule has 0 saturated heterocycles. The van der Waals surface area contributed by atoms with Crippen LogP contribution in [0.25, 0.3) is 22.2 Å². The first kappa shape index (κ1) is 17.7. The van der Waals surface area contributed by atoms with Gasteiger partial charge in [-0.05, 0) is 41.0 Å². The fraction of sp³-hybridized carbons (Fsp3) is 0.136. The molecule has 0 radical (unpaired) electrons. The molecule has 140 valence electrons. The van der Waals surface area contributed by atoms with E-state index in [9.17, 15) is 4.79 Å². The number of carbonyl (C=O) groups is 1. The first-order valence-electron chi connectivity index (χ1n) is 8.99. The van der Waals surface area contributed by atoms with Crippen LogP contribution in [0.3, 0.4) is 0 Å².